The number of aromatic nitrogens is 2. The van der Waals surface area contributed by atoms with Crippen molar-refractivity contribution in [1.29, 1.82) is 0 Å². The Labute approximate surface area is 167 Å². The molecule has 0 radical (unpaired) electrons. The van der Waals surface area contributed by atoms with E-state index in [0.29, 0.717) is 11.5 Å². The zero-order chi connectivity index (χ0) is 20.9. The number of carbonyl (C=O) groups excluding carboxylic acids is 2. The largest absolute Gasteiger partial charge is 0.486 e. The predicted octanol–water partition coefficient (Wildman–Crippen LogP) is -0.802. The van der Waals surface area contributed by atoms with Gasteiger partial charge in [0.1, 0.15) is 24.2 Å². The number of aryl methyl sites for hydroxylation is 1. The van der Waals surface area contributed by atoms with E-state index < -0.39 is 35.1 Å². The number of benzene rings is 1. The van der Waals surface area contributed by atoms with E-state index in [1.807, 2.05) is 12.1 Å². The summed E-state index contributed by atoms with van der Waals surface area (Å²) in [5.41, 5.74) is 0. The number of para-hydroxylation sites is 2. The van der Waals surface area contributed by atoms with Gasteiger partial charge in [-0.25, -0.2) is 8.42 Å². The van der Waals surface area contributed by atoms with Gasteiger partial charge >= 0.3 is 5.97 Å². The van der Waals surface area contributed by atoms with Crippen molar-refractivity contribution in [3.63, 3.8) is 0 Å². The molecule has 1 aromatic heterocycles. The summed E-state index contributed by atoms with van der Waals surface area (Å²) in [6, 6.07) is 7.18. The average Bonchev–Trinajstić information content (AvgIpc) is 3.16. The highest BCUT2D eigenvalue weighted by Gasteiger charge is 2.22. The average molecular weight is 424 g/mol. The first-order valence-electron chi connectivity index (χ1n) is 8.62. The first-order valence-corrected chi connectivity index (χ1v) is 10.1. The Kier molecular flexibility index (Phi) is 6.34. The third-order valence-corrected chi connectivity index (χ3v) is 5.21. The number of carbonyl (C=O) groups is 2. The molecule has 1 atom stereocenters. The van der Waals surface area contributed by atoms with Crippen molar-refractivity contribution in [2.45, 2.75) is 11.0 Å². The fourth-order valence-electron chi connectivity index (χ4n) is 2.41. The van der Waals surface area contributed by atoms with Crippen molar-refractivity contribution in [1.82, 2.24) is 19.8 Å². The molecule has 29 heavy (non-hydrogen) atoms. The van der Waals surface area contributed by atoms with E-state index in [-0.39, 0.29) is 24.2 Å². The van der Waals surface area contributed by atoms with E-state index >= 15 is 0 Å². The molecule has 0 saturated heterocycles. The number of ether oxygens (including phenoxy) is 3. The lowest BCUT2D eigenvalue weighted by Crippen LogP contribution is -2.42. The van der Waals surface area contributed by atoms with Crippen LogP contribution >= 0.6 is 0 Å². The first-order chi connectivity index (χ1) is 13.8. The maximum absolute atomic E-state index is 12.0. The summed E-state index contributed by atoms with van der Waals surface area (Å²) in [5.74, 6) is -0.210. The molecule has 0 saturated carbocycles. The molecule has 1 aliphatic heterocycles. The Bertz CT molecular complexity index is 989. The summed E-state index contributed by atoms with van der Waals surface area (Å²) >= 11 is 0. The number of nitrogens with zero attached hydrogens (tertiary/aromatic N) is 2. The van der Waals surface area contributed by atoms with Crippen LogP contribution in [0.2, 0.25) is 0 Å². The molecule has 2 heterocycles. The molecule has 2 N–H and O–H groups in total. The first kappa shape index (κ1) is 20.6. The summed E-state index contributed by atoms with van der Waals surface area (Å²) in [4.78, 5) is 23.4. The maximum atomic E-state index is 12.0. The van der Waals surface area contributed by atoms with Crippen LogP contribution in [0.1, 0.15) is 0 Å². The zero-order valence-electron chi connectivity index (χ0n) is 15.5. The smallest absolute Gasteiger partial charge is 0.321 e. The molecular formula is C17H20N4O7S. The van der Waals surface area contributed by atoms with Crippen molar-refractivity contribution in [2.24, 2.45) is 7.05 Å². The van der Waals surface area contributed by atoms with E-state index in [0.717, 1.165) is 6.20 Å². The SMILES string of the molecule is Cn1cc(S(=O)(=O)NCC(=O)OCC(=O)NCC2COc3ccccc3O2)cn1. The summed E-state index contributed by atoms with van der Waals surface area (Å²) in [6.07, 6.45) is 2.06. The summed E-state index contributed by atoms with van der Waals surface area (Å²) in [5, 5.41) is 6.32. The monoisotopic (exact) mass is 424 g/mol. The molecule has 0 spiro atoms. The van der Waals surface area contributed by atoms with E-state index in [1.54, 1.807) is 19.2 Å². The highest BCUT2D eigenvalue weighted by Crippen LogP contribution is 2.30. The predicted molar refractivity (Wildman–Crippen MR) is 98.7 cm³/mol. The lowest BCUT2D eigenvalue weighted by Gasteiger charge is -2.26. The lowest BCUT2D eigenvalue weighted by atomic mass is 10.2. The van der Waals surface area contributed by atoms with Crippen LogP contribution in [0.3, 0.4) is 0 Å². The number of nitrogens with one attached hydrogen (secondary N) is 2. The fraction of sp³-hybridized carbons (Fsp3) is 0.353. The maximum Gasteiger partial charge on any atom is 0.321 e. The second kappa shape index (κ2) is 8.92. The van der Waals surface area contributed by atoms with Gasteiger partial charge in [0.25, 0.3) is 5.91 Å². The third kappa shape index (κ3) is 5.68. The normalized spacial score (nSPS) is 15.6. The van der Waals surface area contributed by atoms with Gasteiger partial charge in [0.05, 0.1) is 12.7 Å². The van der Waals surface area contributed by atoms with Crippen LogP contribution in [0.25, 0.3) is 0 Å². The molecule has 12 heteroatoms. The zero-order valence-corrected chi connectivity index (χ0v) is 16.3. The highest BCUT2D eigenvalue weighted by molar-refractivity contribution is 7.89. The Morgan fingerprint density at radius 2 is 2.07 bits per heavy atom. The van der Waals surface area contributed by atoms with Crippen molar-refractivity contribution in [3.8, 4) is 11.5 Å². The van der Waals surface area contributed by atoms with Gasteiger partial charge in [0.2, 0.25) is 10.0 Å². The molecule has 0 aliphatic carbocycles. The van der Waals surface area contributed by atoms with E-state index in [9.17, 15) is 18.0 Å². The van der Waals surface area contributed by atoms with Crippen molar-refractivity contribution in [3.05, 3.63) is 36.7 Å². The number of rotatable bonds is 8. The van der Waals surface area contributed by atoms with Crippen molar-refractivity contribution >= 4 is 21.9 Å². The minimum Gasteiger partial charge on any atom is -0.486 e. The quantitative estimate of drug-likeness (QED) is 0.525. The standard InChI is InChI=1S/C17H20N4O7S/c1-21-9-13(7-19-21)29(24,25)20-8-17(23)27-11-16(22)18-6-12-10-26-14-4-2-3-5-15(14)28-12/h2-5,7,9,12,20H,6,8,10-11H2,1H3,(H,18,22). The molecule has 1 aliphatic rings. The Morgan fingerprint density at radius 1 is 1.31 bits per heavy atom. The van der Waals surface area contributed by atoms with Gasteiger partial charge in [-0.2, -0.15) is 9.82 Å². The van der Waals surface area contributed by atoms with E-state index in [2.05, 4.69) is 15.1 Å². The van der Waals surface area contributed by atoms with Gasteiger partial charge in [-0.05, 0) is 12.1 Å². The highest BCUT2D eigenvalue weighted by atomic mass is 32.2. The van der Waals surface area contributed by atoms with E-state index in [1.165, 1.54) is 10.9 Å². The van der Waals surface area contributed by atoms with Gasteiger partial charge in [-0.15, -0.1) is 0 Å². The molecule has 3 rings (SSSR count). The second-order valence-corrected chi connectivity index (χ2v) is 7.90. The molecular weight excluding hydrogens is 404 g/mol. The number of amides is 1. The van der Waals surface area contributed by atoms with Crippen molar-refractivity contribution in [2.75, 3.05) is 26.3 Å². The molecule has 1 aromatic carbocycles. The number of hydrogen-bond acceptors (Lipinski definition) is 8. The topological polar surface area (TPSA) is 138 Å². The van der Waals surface area contributed by atoms with Gasteiger partial charge < -0.3 is 19.5 Å². The van der Waals surface area contributed by atoms with Crippen LogP contribution in [-0.4, -0.2) is 62.5 Å². The Morgan fingerprint density at radius 3 is 2.79 bits per heavy atom. The number of sulfonamides is 1. The molecule has 11 nitrogen and oxygen atoms in total. The molecule has 0 fully saturated rings. The summed E-state index contributed by atoms with van der Waals surface area (Å²) in [7, 11) is -2.32. The summed E-state index contributed by atoms with van der Waals surface area (Å²) < 4.78 is 43.3. The van der Waals surface area contributed by atoms with E-state index in [4.69, 9.17) is 14.2 Å². The number of esters is 1. The molecule has 0 bridgehead atoms. The molecule has 2 aromatic rings. The van der Waals surface area contributed by atoms with Gasteiger partial charge in [-0.3, -0.25) is 14.3 Å². The van der Waals surface area contributed by atoms with Crippen LogP contribution in [-0.2, 0) is 31.4 Å². The fourth-order valence-corrected chi connectivity index (χ4v) is 3.37. The Hall–Kier alpha value is -3.12. The van der Waals surface area contributed by atoms with Gasteiger partial charge in [-0.1, -0.05) is 12.1 Å². The van der Waals surface area contributed by atoms with Crippen LogP contribution in [0.5, 0.6) is 11.5 Å². The van der Waals surface area contributed by atoms with Crippen LogP contribution in [0.4, 0.5) is 0 Å². The third-order valence-electron chi connectivity index (χ3n) is 3.86. The number of fused-ring (bicyclic) bond motifs is 1. The van der Waals surface area contributed by atoms with Gasteiger partial charge in [0.15, 0.2) is 18.1 Å². The second-order valence-electron chi connectivity index (χ2n) is 6.14. The lowest BCUT2D eigenvalue weighted by molar-refractivity contribution is -0.147. The van der Waals surface area contributed by atoms with Crippen LogP contribution < -0.4 is 19.5 Å². The molecule has 156 valence electrons. The molecule has 1 unspecified atom stereocenters. The minimum atomic E-state index is -3.89. The molecule has 1 amide bonds. The van der Waals surface area contributed by atoms with Crippen LogP contribution in [0.15, 0.2) is 41.6 Å². The van der Waals surface area contributed by atoms with Crippen LogP contribution in [0, 0.1) is 0 Å². The Balaban J connectivity index is 1.36. The minimum absolute atomic E-state index is 0.0817. The number of hydrogen-bond donors (Lipinski definition) is 2. The summed E-state index contributed by atoms with van der Waals surface area (Å²) in [6.45, 7) is -0.718. The van der Waals surface area contributed by atoms with Crippen molar-refractivity contribution < 1.29 is 32.2 Å². The van der Waals surface area contributed by atoms with Gasteiger partial charge in [0, 0.05) is 13.2 Å².